The number of nitrogens with one attached hydrogen (secondary N) is 2. The van der Waals surface area contributed by atoms with Crippen LogP contribution in [0.3, 0.4) is 0 Å². The molecule has 0 unspecified atom stereocenters. The Morgan fingerprint density at radius 1 is 1.00 bits per heavy atom. The van der Waals surface area contributed by atoms with E-state index in [0.717, 1.165) is 27.1 Å². The van der Waals surface area contributed by atoms with E-state index >= 15 is 0 Å². The number of aryl methyl sites for hydroxylation is 2. The van der Waals surface area contributed by atoms with Gasteiger partial charge in [0.2, 0.25) is 0 Å². The molecular weight excluding hydrogens is 643 g/mol. The maximum absolute atomic E-state index is 14.5. The zero-order valence-electron chi connectivity index (χ0n) is 25.2. The van der Waals surface area contributed by atoms with Crippen molar-refractivity contribution in [1.29, 1.82) is 0 Å². The highest BCUT2D eigenvalue weighted by Crippen LogP contribution is 2.43. The maximum atomic E-state index is 14.5. The molecule has 9 nitrogen and oxygen atoms in total. The minimum absolute atomic E-state index is 0.0853. The van der Waals surface area contributed by atoms with Gasteiger partial charge in [-0.05, 0) is 83.9 Å². The van der Waals surface area contributed by atoms with Crippen LogP contribution in [0.2, 0.25) is 5.02 Å². The van der Waals surface area contributed by atoms with Crippen LogP contribution in [0.5, 0.6) is 5.75 Å². The standard InChI is InChI=1S/C35H28ClFN4O5S/c1-17-12-19(16-38)13-18(2)30(17)41-33(42)23-14-24-28(46-10-8-20-9-11-47-32(20)24)15-22(23)21-6-7-27(39-31(21)35(44)45)34(43)40-26-5-3-4-25(36)29(26)37/h3-7,9,11-15H,8,10,16,38H2,1-2H3,(H,40,43)(H,41,42)(H,44,45). The number of amides is 2. The summed E-state index contributed by atoms with van der Waals surface area (Å²) in [6.45, 7) is 4.48. The smallest absolute Gasteiger partial charge is 0.355 e. The Labute approximate surface area is 278 Å². The molecule has 2 amide bonds. The first kappa shape index (κ1) is 31.9. The number of anilines is 2. The Balaban J connectivity index is 1.48. The number of hydrogen-bond acceptors (Lipinski definition) is 7. The van der Waals surface area contributed by atoms with Crippen molar-refractivity contribution in [2.75, 3.05) is 17.2 Å². The summed E-state index contributed by atoms with van der Waals surface area (Å²) in [5, 5.41) is 17.4. The quantitative estimate of drug-likeness (QED) is 0.141. The van der Waals surface area contributed by atoms with Gasteiger partial charge in [-0.1, -0.05) is 29.8 Å². The van der Waals surface area contributed by atoms with Gasteiger partial charge in [-0.3, -0.25) is 9.59 Å². The Bertz CT molecular complexity index is 2070. The van der Waals surface area contributed by atoms with Crippen LogP contribution in [0.15, 0.2) is 66.0 Å². The van der Waals surface area contributed by atoms with Crippen molar-refractivity contribution < 1.29 is 28.6 Å². The lowest BCUT2D eigenvalue weighted by Crippen LogP contribution is -2.18. The Hall–Kier alpha value is -5.10. The Morgan fingerprint density at radius 2 is 1.77 bits per heavy atom. The molecule has 0 aliphatic carbocycles. The van der Waals surface area contributed by atoms with Crippen LogP contribution in [-0.4, -0.2) is 34.5 Å². The van der Waals surface area contributed by atoms with Crippen LogP contribution >= 0.6 is 22.9 Å². The largest absolute Gasteiger partial charge is 0.493 e. The molecule has 0 saturated carbocycles. The number of carbonyl (C=O) groups excluding carboxylic acids is 2. The monoisotopic (exact) mass is 670 g/mol. The molecule has 5 N–H and O–H groups in total. The van der Waals surface area contributed by atoms with E-state index in [0.29, 0.717) is 36.6 Å². The van der Waals surface area contributed by atoms with Gasteiger partial charge in [-0.2, -0.15) is 0 Å². The number of aromatic carboxylic acids is 1. The number of carboxylic acids is 1. The summed E-state index contributed by atoms with van der Waals surface area (Å²) in [5.41, 5.74) is 10.3. The van der Waals surface area contributed by atoms with Crippen LogP contribution in [0.25, 0.3) is 21.6 Å². The van der Waals surface area contributed by atoms with Crippen LogP contribution < -0.4 is 21.1 Å². The van der Waals surface area contributed by atoms with Gasteiger partial charge >= 0.3 is 5.97 Å². The number of thiophene rings is 1. The summed E-state index contributed by atoms with van der Waals surface area (Å²) in [4.78, 5) is 44.9. The van der Waals surface area contributed by atoms with E-state index in [-0.39, 0.29) is 33.1 Å². The highest BCUT2D eigenvalue weighted by atomic mass is 35.5. The predicted molar refractivity (Wildman–Crippen MR) is 180 cm³/mol. The molecular formula is C35H28ClFN4O5S. The second-order valence-electron chi connectivity index (χ2n) is 11.0. The van der Waals surface area contributed by atoms with Crippen molar-refractivity contribution in [1.82, 2.24) is 4.98 Å². The average molecular weight is 671 g/mol. The van der Waals surface area contributed by atoms with E-state index < -0.39 is 29.3 Å². The van der Waals surface area contributed by atoms with E-state index in [9.17, 15) is 23.9 Å². The number of pyridine rings is 1. The molecule has 47 heavy (non-hydrogen) atoms. The average Bonchev–Trinajstić information content (AvgIpc) is 3.45. The molecule has 0 radical (unpaired) electrons. The number of nitrogens with two attached hydrogens (primary N) is 1. The van der Waals surface area contributed by atoms with E-state index in [2.05, 4.69) is 15.6 Å². The SMILES string of the molecule is Cc1cc(CN)cc(C)c1NC(=O)c1cc2c(cc1-c1ccc(C(=O)Nc3cccc(Cl)c3F)nc1C(=O)O)OCCc1ccsc1-2. The molecule has 6 rings (SSSR count). The molecule has 0 bridgehead atoms. The molecule has 5 aromatic rings. The molecule has 238 valence electrons. The zero-order chi connectivity index (χ0) is 33.4. The highest BCUT2D eigenvalue weighted by Gasteiger charge is 2.27. The number of benzene rings is 3. The highest BCUT2D eigenvalue weighted by molar-refractivity contribution is 7.13. The fourth-order valence-electron chi connectivity index (χ4n) is 5.63. The summed E-state index contributed by atoms with van der Waals surface area (Å²) in [5.74, 6) is -3.12. The van der Waals surface area contributed by atoms with Crippen LogP contribution in [0.1, 0.15) is 53.6 Å². The third kappa shape index (κ3) is 6.20. The van der Waals surface area contributed by atoms with Gasteiger partial charge in [0, 0.05) is 45.8 Å². The minimum Gasteiger partial charge on any atom is -0.493 e. The minimum atomic E-state index is -1.43. The zero-order valence-corrected chi connectivity index (χ0v) is 26.8. The molecule has 0 saturated heterocycles. The third-order valence-electron chi connectivity index (χ3n) is 7.87. The summed E-state index contributed by atoms with van der Waals surface area (Å²) in [7, 11) is 0. The van der Waals surface area contributed by atoms with E-state index in [1.807, 2.05) is 37.4 Å². The lowest BCUT2D eigenvalue weighted by atomic mass is 9.93. The van der Waals surface area contributed by atoms with Gasteiger partial charge < -0.3 is 26.2 Å². The number of rotatable bonds is 7. The fourth-order valence-corrected chi connectivity index (χ4v) is 6.78. The maximum Gasteiger partial charge on any atom is 0.355 e. The van der Waals surface area contributed by atoms with Crippen molar-refractivity contribution in [3.8, 4) is 27.3 Å². The number of ether oxygens (including phenoxy) is 1. The molecule has 12 heteroatoms. The Kier molecular flexibility index (Phi) is 8.78. The van der Waals surface area contributed by atoms with Crippen molar-refractivity contribution >= 4 is 52.1 Å². The summed E-state index contributed by atoms with van der Waals surface area (Å²) in [6, 6.07) is 16.0. The Morgan fingerprint density at radius 3 is 2.49 bits per heavy atom. The van der Waals surface area contributed by atoms with Crippen LogP contribution in [0.4, 0.5) is 15.8 Å². The molecule has 3 heterocycles. The van der Waals surface area contributed by atoms with E-state index in [4.69, 9.17) is 22.1 Å². The van der Waals surface area contributed by atoms with Crippen molar-refractivity contribution in [3.63, 3.8) is 0 Å². The first-order valence-corrected chi connectivity index (χ1v) is 15.8. The molecule has 3 aromatic carbocycles. The first-order valence-electron chi connectivity index (χ1n) is 14.5. The van der Waals surface area contributed by atoms with Gasteiger partial charge in [-0.25, -0.2) is 14.2 Å². The van der Waals surface area contributed by atoms with Gasteiger partial charge in [0.1, 0.15) is 11.4 Å². The number of fused-ring (bicyclic) bond motifs is 3. The molecule has 1 aliphatic rings. The number of carbonyl (C=O) groups is 3. The number of aromatic nitrogens is 1. The first-order chi connectivity index (χ1) is 22.5. The second-order valence-corrected chi connectivity index (χ2v) is 12.3. The van der Waals surface area contributed by atoms with Gasteiger partial charge in [0.05, 0.1) is 17.3 Å². The number of carboxylic acid groups (broad SMARTS) is 1. The van der Waals surface area contributed by atoms with Gasteiger partial charge in [-0.15, -0.1) is 11.3 Å². The molecule has 0 spiro atoms. The number of halogens is 2. The van der Waals surface area contributed by atoms with Crippen LogP contribution in [-0.2, 0) is 13.0 Å². The summed E-state index contributed by atoms with van der Waals surface area (Å²) < 4.78 is 20.6. The van der Waals surface area contributed by atoms with E-state index in [1.165, 1.54) is 41.7 Å². The lowest BCUT2D eigenvalue weighted by Gasteiger charge is -2.18. The van der Waals surface area contributed by atoms with Crippen LogP contribution in [0, 0.1) is 19.7 Å². The molecule has 0 fully saturated rings. The molecule has 0 atom stereocenters. The molecule has 2 aromatic heterocycles. The topological polar surface area (TPSA) is 144 Å². The third-order valence-corrected chi connectivity index (χ3v) is 9.15. The van der Waals surface area contributed by atoms with Gasteiger partial charge in [0.25, 0.3) is 11.8 Å². The predicted octanol–water partition coefficient (Wildman–Crippen LogP) is 7.48. The van der Waals surface area contributed by atoms with Crippen molar-refractivity contribution in [2.45, 2.75) is 26.8 Å². The molecule has 1 aliphatic heterocycles. The number of nitrogens with zero attached hydrogens (tertiary/aromatic N) is 1. The summed E-state index contributed by atoms with van der Waals surface area (Å²) >= 11 is 7.36. The van der Waals surface area contributed by atoms with E-state index in [1.54, 1.807) is 12.1 Å². The fraction of sp³-hybridized carbons (Fsp3) is 0.143. The van der Waals surface area contributed by atoms with Crippen molar-refractivity contribution in [2.24, 2.45) is 5.73 Å². The normalized spacial score (nSPS) is 11.9. The lowest BCUT2D eigenvalue weighted by molar-refractivity contribution is 0.0691. The number of hydrogen-bond donors (Lipinski definition) is 4. The van der Waals surface area contributed by atoms with Crippen molar-refractivity contribution in [3.05, 3.63) is 116 Å². The second kappa shape index (κ2) is 13.0. The van der Waals surface area contributed by atoms with Gasteiger partial charge in [0.15, 0.2) is 11.5 Å². The summed E-state index contributed by atoms with van der Waals surface area (Å²) in [6.07, 6.45) is 0.662.